The third-order valence-electron chi connectivity index (χ3n) is 26.6. The Morgan fingerprint density at radius 1 is 0.250 bits per heavy atom. The molecule has 722 valence electrons. The highest BCUT2D eigenvalue weighted by atomic mass is 32.1. The lowest BCUT2D eigenvalue weighted by molar-refractivity contribution is -0.137. The number of alkyl halides is 3. The number of halogens is 3. The van der Waals surface area contributed by atoms with Gasteiger partial charge in [-0.05, 0) is 361 Å². The number of hydrogen-bond acceptors (Lipinski definition) is 14. The molecule has 0 spiro atoms. The van der Waals surface area contributed by atoms with E-state index in [1.807, 2.05) is 103 Å². The van der Waals surface area contributed by atoms with Crippen molar-refractivity contribution >= 4 is 85.3 Å². The van der Waals surface area contributed by atoms with Gasteiger partial charge in [0, 0.05) is 43.8 Å². The zero-order chi connectivity index (χ0) is 99.2. The molecular weight excluding hydrogens is 1760 g/mol. The molecule has 140 heavy (non-hydrogen) atoms. The van der Waals surface area contributed by atoms with E-state index in [0.29, 0.717) is 16.7 Å². The van der Waals surface area contributed by atoms with Gasteiger partial charge in [0.2, 0.25) is 0 Å². The molecule has 1 aromatic heterocycles. The lowest BCUT2D eigenvalue weighted by Gasteiger charge is -2.22. The molecule has 0 atom stereocenters. The van der Waals surface area contributed by atoms with Crippen LogP contribution in [0.2, 0.25) is 0 Å². The van der Waals surface area contributed by atoms with Gasteiger partial charge in [-0.1, -0.05) is 287 Å². The Morgan fingerprint density at radius 3 is 0.814 bits per heavy atom. The van der Waals surface area contributed by atoms with E-state index in [4.69, 9.17) is 0 Å². The van der Waals surface area contributed by atoms with Gasteiger partial charge in [0.1, 0.15) is 0 Å². The smallest absolute Gasteiger partial charge is 0.316 e. The van der Waals surface area contributed by atoms with Gasteiger partial charge in [-0.3, -0.25) is 33.6 Å². The molecule has 0 amide bonds. The van der Waals surface area contributed by atoms with Gasteiger partial charge in [-0.2, -0.15) is 13.2 Å². The van der Waals surface area contributed by atoms with Crippen molar-refractivity contribution in [1.82, 2.24) is 31.9 Å². The Kier molecular flexibility index (Phi) is 38.3. The van der Waals surface area contributed by atoms with Crippen LogP contribution in [0, 0.1) is 20.8 Å². The third kappa shape index (κ3) is 29.1. The number of thiophene rings is 1. The summed E-state index contributed by atoms with van der Waals surface area (Å²) < 4.78 is 40.0. The quantitative estimate of drug-likeness (QED) is 0.0420. The second kappa shape index (κ2) is 51.3. The summed E-state index contributed by atoms with van der Waals surface area (Å²) in [4.78, 5) is 82.1. The average Bonchev–Trinajstić information content (AvgIpc) is 0.871. The first-order chi connectivity index (χ1) is 67.6. The van der Waals surface area contributed by atoms with E-state index in [9.17, 15) is 46.7 Å². The summed E-state index contributed by atoms with van der Waals surface area (Å²) in [5.74, 6) is 0.578. The number of benzene rings is 10. The highest BCUT2D eigenvalue weighted by Gasteiger charge is 2.32. The van der Waals surface area contributed by atoms with Crippen molar-refractivity contribution < 1.29 is 46.7 Å². The molecule has 7 heterocycles. The molecule has 13 nitrogen and oxygen atoms in total. The van der Waals surface area contributed by atoms with E-state index >= 15 is 0 Å². The van der Waals surface area contributed by atoms with Crippen molar-refractivity contribution in [3.63, 3.8) is 0 Å². The second-order valence-electron chi connectivity index (χ2n) is 36.9. The van der Waals surface area contributed by atoms with E-state index in [2.05, 4.69) is 185 Å². The molecule has 6 saturated heterocycles. The van der Waals surface area contributed by atoms with Crippen LogP contribution >= 0.6 is 11.3 Å². The molecule has 0 saturated carbocycles. The zero-order valence-corrected chi connectivity index (χ0v) is 83.4. The van der Waals surface area contributed by atoms with Gasteiger partial charge < -0.3 is 31.9 Å². The Balaban J connectivity index is 0.000000142. The summed E-state index contributed by atoms with van der Waals surface area (Å²) in [5.41, 5.74) is 36.0. The molecule has 0 radical (unpaired) electrons. The van der Waals surface area contributed by atoms with Crippen molar-refractivity contribution in [3.8, 4) is 0 Å². The van der Waals surface area contributed by atoms with Crippen LogP contribution in [0.25, 0.3) is 33.4 Å². The van der Waals surface area contributed by atoms with Crippen LogP contribution in [-0.4, -0.2) is 119 Å². The molecule has 11 aromatic rings. The number of aryl methyl sites for hydroxylation is 3. The molecule has 7 aliphatic rings. The maximum atomic E-state index is 13.3. The molecule has 6 N–H and O–H groups in total. The average molecular weight is 1890 g/mol. The molecule has 0 unspecified atom stereocenters. The largest absolute Gasteiger partial charge is 0.416 e. The van der Waals surface area contributed by atoms with E-state index < -0.39 is 11.7 Å². The van der Waals surface area contributed by atoms with Crippen molar-refractivity contribution in [3.05, 3.63) is 433 Å². The maximum Gasteiger partial charge on any atom is 0.416 e. The summed E-state index contributed by atoms with van der Waals surface area (Å²) in [5, 5.41) is 22.5. The number of carbonyl (C=O) groups is 7. The Morgan fingerprint density at radius 2 is 0.514 bits per heavy atom. The monoisotopic (exact) mass is 1890 g/mol. The highest BCUT2D eigenvalue weighted by molar-refractivity contribution is 7.11. The van der Waals surface area contributed by atoms with Crippen LogP contribution in [0.4, 0.5) is 13.2 Å². The van der Waals surface area contributed by atoms with Gasteiger partial charge in [0.05, 0.1) is 5.56 Å². The number of carbonyl (C=O) groups excluding carboxylic acids is 7. The van der Waals surface area contributed by atoms with E-state index in [1.165, 1.54) is 130 Å². The van der Waals surface area contributed by atoms with Crippen LogP contribution in [0.1, 0.15) is 287 Å². The fourth-order valence-corrected chi connectivity index (χ4v) is 19.9. The number of ketones is 7. The fraction of sp³-hybridized carbons (Fsp3) is 0.293. The molecule has 0 bridgehead atoms. The maximum absolute atomic E-state index is 13.3. The van der Waals surface area contributed by atoms with E-state index in [1.54, 1.807) is 78.0 Å². The molecule has 6 aliphatic heterocycles. The standard InChI is InChI=1S/C22H22F3NO.C22H23NO2.2C21H23NO.C19H21NO.C18H19NOS/c1-14-11-19(13-20(12-14)22(23,24)25)21(18-7-9-26-10-8-18)17-5-3-16(4-6-17)15(2)27;1-15(24)17-6-8-18(9-7-17)22(19-10-12-23-13-11-19)21-5-3-4-20(14-21)16(2)25;1-15-3-5-18(6-4-15)21(20-11-13-22-14-12-20)19-9-7-17(8-10-19)16(2)23;1-15-4-3-5-20(14-15)21(19-10-12-22-13-11-19)18-8-6-17(7-9-18)16(2)23;1-14(21)15-6-8-17(9-7-15)19(16-4-2-3-5-16)18-10-12-20-13-11-18;1-13(20)14-4-6-15(7-5-14)18(17-3-2-12-21-17)16-8-10-19-11-9-16/h3-6,11-13,26H,7-10H2,1-2H3;3-9,14,23H,10-13H2,1-2H3;3-10,22H,11-14H2,1-2H3;3-9,14,22H,10-13H2,1-2H3;2,4-9,20H,3,10-13H2,1H3;2-7,12,19H,8-11H2,1H3. The number of nitrogens with one attached hydrogen (secondary N) is 6. The van der Waals surface area contributed by atoms with Crippen LogP contribution in [0.15, 0.2) is 311 Å². The third-order valence-corrected chi connectivity index (χ3v) is 27.5. The minimum Gasteiger partial charge on any atom is -0.316 e. The minimum absolute atomic E-state index is 0.0347. The zero-order valence-electron chi connectivity index (χ0n) is 82.6. The Bertz CT molecular complexity index is 6460. The minimum atomic E-state index is -4.39. The van der Waals surface area contributed by atoms with Gasteiger partial charge >= 0.3 is 6.18 Å². The molecule has 1 aliphatic carbocycles. The lowest BCUT2D eigenvalue weighted by Crippen LogP contribution is -2.24. The Hall–Kier alpha value is -12.9. The Labute approximate surface area is 829 Å². The van der Waals surface area contributed by atoms with Gasteiger partial charge in [0.25, 0.3) is 0 Å². The number of allylic oxidation sites excluding steroid dienone is 5. The van der Waals surface area contributed by atoms with Crippen molar-refractivity contribution in [2.75, 3.05) is 78.5 Å². The number of piperidine rings is 6. The van der Waals surface area contributed by atoms with Gasteiger partial charge in [-0.15, -0.1) is 11.3 Å². The normalized spacial score (nSPS) is 15.1. The molecule has 18 rings (SSSR count). The molecule has 6 fully saturated rings. The summed E-state index contributed by atoms with van der Waals surface area (Å²) in [7, 11) is 0. The predicted molar refractivity (Wildman–Crippen MR) is 569 cm³/mol. The fourth-order valence-electron chi connectivity index (χ4n) is 19.1. The number of hydrogen-bond donors (Lipinski definition) is 6. The van der Waals surface area contributed by atoms with Crippen molar-refractivity contribution in [2.24, 2.45) is 0 Å². The SMILES string of the molecule is CC(=O)c1ccc(C(=C2CCNCC2)c2cc(C)cc(C(F)(F)F)c2)cc1.CC(=O)c1ccc(C(=C2CCNCC2)c2ccc(C)cc2)cc1.CC(=O)c1ccc(C(=C2CCNCC2)c2cccc(C(C)=O)c2)cc1.CC(=O)c1ccc(C(=C2CCNCC2)c2cccc(C)c2)cc1.CC(=O)c1ccc(C(=C2CCNCC2)c2cccs2)cc1.CC(=O)c1ccc(C(C2=CCC=C2)=C2CCNCC2)cc1. The summed E-state index contributed by atoms with van der Waals surface area (Å²) in [6.45, 7) is 29.0. The first kappa shape index (κ1) is 104. The topological polar surface area (TPSA) is 192 Å². The highest BCUT2D eigenvalue weighted by Crippen LogP contribution is 2.42. The van der Waals surface area contributed by atoms with E-state index in [0.717, 1.165) is 223 Å². The summed E-state index contributed by atoms with van der Waals surface area (Å²) in [6.07, 6.45) is 15.7. The van der Waals surface area contributed by atoms with Crippen LogP contribution in [0.5, 0.6) is 0 Å². The molecular formula is C123H131F3N6O7S. The van der Waals surface area contributed by atoms with Crippen LogP contribution in [0.3, 0.4) is 0 Å². The first-order valence-corrected chi connectivity index (χ1v) is 50.1. The summed E-state index contributed by atoms with van der Waals surface area (Å²) in [6, 6.07) is 80.9. The number of rotatable bonds is 19. The van der Waals surface area contributed by atoms with Crippen LogP contribution in [-0.2, 0) is 6.18 Å². The van der Waals surface area contributed by atoms with Gasteiger partial charge in [-0.25, -0.2) is 0 Å². The second-order valence-corrected chi connectivity index (χ2v) is 37.9. The lowest BCUT2D eigenvalue weighted by atomic mass is 9.87. The summed E-state index contributed by atoms with van der Waals surface area (Å²) >= 11 is 1.78. The molecule has 10 aromatic carbocycles. The van der Waals surface area contributed by atoms with Crippen LogP contribution < -0.4 is 31.9 Å². The number of Topliss-reactive ketones (excluding diaryl/α,β-unsaturated/α-hetero) is 7. The molecule has 17 heteroatoms. The van der Waals surface area contributed by atoms with E-state index in [-0.39, 0.29) is 40.5 Å². The first-order valence-electron chi connectivity index (χ1n) is 49.2. The van der Waals surface area contributed by atoms with Gasteiger partial charge in [0.15, 0.2) is 40.5 Å². The van der Waals surface area contributed by atoms with Crippen molar-refractivity contribution in [1.29, 1.82) is 0 Å². The predicted octanol–water partition coefficient (Wildman–Crippen LogP) is 26.5. The van der Waals surface area contributed by atoms with Crippen molar-refractivity contribution in [2.45, 2.75) is 159 Å².